The Morgan fingerprint density at radius 3 is 2.56 bits per heavy atom. The quantitative estimate of drug-likeness (QED) is 0.828. The normalized spacial score (nSPS) is 26.6. The van der Waals surface area contributed by atoms with Gasteiger partial charge in [0.25, 0.3) is 0 Å². The van der Waals surface area contributed by atoms with E-state index in [4.69, 9.17) is 0 Å². The van der Waals surface area contributed by atoms with Crippen LogP contribution < -0.4 is 5.32 Å². The lowest BCUT2D eigenvalue weighted by Crippen LogP contribution is -2.48. The number of amides is 2. The van der Waals surface area contributed by atoms with Crippen molar-refractivity contribution in [1.29, 1.82) is 0 Å². The van der Waals surface area contributed by atoms with E-state index in [0.29, 0.717) is 18.9 Å². The van der Waals surface area contributed by atoms with Crippen molar-refractivity contribution in [1.82, 2.24) is 10.2 Å². The van der Waals surface area contributed by atoms with Crippen LogP contribution in [0.4, 0.5) is 0 Å². The predicted octanol–water partition coefficient (Wildman–Crippen LogP) is 1.55. The van der Waals surface area contributed by atoms with Crippen molar-refractivity contribution in [2.45, 2.75) is 52.0 Å². The van der Waals surface area contributed by atoms with Gasteiger partial charge in [-0.25, -0.2) is 0 Å². The molecule has 0 aromatic carbocycles. The fourth-order valence-corrected chi connectivity index (χ4v) is 2.99. The second kappa shape index (κ2) is 5.72. The molecule has 18 heavy (non-hydrogen) atoms. The molecule has 1 aliphatic carbocycles. The monoisotopic (exact) mass is 252 g/mol. The molecular weight excluding hydrogens is 228 g/mol. The van der Waals surface area contributed by atoms with Crippen molar-refractivity contribution in [2.75, 3.05) is 13.1 Å². The molecule has 2 amide bonds. The Balaban J connectivity index is 2.03. The molecule has 1 saturated heterocycles. The third kappa shape index (κ3) is 3.03. The highest BCUT2D eigenvalue weighted by molar-refractivity contribution is 5.90. The predicted molar refractivity (Wildman–Crippen MR) is 69.9 cm³/mol. The smallest absolute Gasteiger partial charge is 0.245 e. The lowest BCUT2D eigenvalue weighted by Gasteiger charge is -2.28. The van der Waals surface area contributed by atoms with E-state index >= 15 is 0 Å². The number of nitrogens with one attached hydrogen (secondary N) is 1. The molecule has 1 saturated carbocycles. The molecule has 2 fully saturated rings. The molecule has 1 aliphatic heterocycles. The van der Waals surface area contributed by atoms with Crippen LogP contribution in [0.15, 0.2) is 0 Å². The Bertz CT molecular complexity index is 322. The Labute approximate surface area is 109 Å². The molecule has 1 heterocycles. The van der Waals surface area contributed by atoms with E-state index in [1.54, 1.807) is 0 Å². The number of carbonyl (C=O) groups is 2. The molecule has 0 spiro atoms. The van der Waals surface area contributed by atoms with Gasteiger partial charge in [0.1, 0.15) is 6.04 Å². The Kier molecular flexibility index (Phi) is 4.25. The van der Waals surface area contributed by atoms with Crippen LogP contribution in [0.1, 0.15) is 46.0 Å². The summed E-state index contributed by atoms with van der Waals surface area (Å²) in [5.74, 6) is 0.930. The molecule has 0 bridgehead atoms. The SMILES string of the molecule is CC(C)C1NC(=O)CCN(CC2CCCC2)C1=O. The molecule has 102 valence electrons. The van der Waals surface area contributed by atoms with Crippen LogP contribution >= 0.6 is 0 Å². The highest BCUT2D eigenvalue weighted by Crippen LogP contribution is 2.26. The highest BCUT2D eigenvalue weighted by Gasteiger charge is 2.33. The molecular formula is C14H24N2O2. The zero-order valence-electron chi connectivity index (χ0n) is 11.4. The zero-order valence-corrected chi connectivity index (χ0v) is 11.4. The molecule has 4 nitrogen and oxygen atoms in total. The van der Waals surface area contributed by atoms with Gasteiger partial charge in [-0.1, -0.05) is 26.7 Å². The van der Waals surface area contributed by atoms with Gasteiger partial charge in [-0.2, -0.15) is 0 Å². The summed E-state index contributed by atoms with van der Waals surface area (Å²) >= 11 is 0. The minimum Gasteiger partial charge on any atom is -0.344 e. The Morgan fingerprint density at radius 2 is 1.94 bits per heavy atom. The maximum absolute atomic E-state index is 12.4. The van der Waals surface area contributed by atoms with Gasteiger partial charge in [-0.15, -0.1) is 0 Å². The summed E-state index contributed by atoms with van der Waals surface area (Å²) < 4.78 is 0. The molecule has 2 aliphatic rings. The molecule has 0 aromatic heterocycles. The maximum atomic E-state index is 12.4. The molecule has 1 atom stereocenters. The van der Waals surface area contributed by atoms with Gasteiger partial charge >= 0.3 is 0 Å². The molecule has 0 radical (unpaired) electrons. The van der Waals surface area contributed by atoms with Gasteiger partial charge in [0, 0.05) is 19.5 Å². The van der Waals surface area contributed by atoms with Crippen molar-refractivity contribution >= 4 is 11.8 Å². The summed E-state index contributed by atoms with van der Waals surface area (Å²) in [7, 11) is 0. The third-order valence-electron chi connectivity index (χ3n) is 4.12. The summed E-state index contributed by atoms with van der Waals surface area (Å²) in [4.78, 5) is 26.0. The minimum absolute atomic E-state index is 0.0102. The van der Waals surface area contributed by atoms with Crippen LogP contribution in [0.2, 0.25) is 0 Å². The highest BCUT2D eigenvalue weighted by atomic mass is 16.2. The lowest BCUT2D eigenvalue weighted by molar-refractivity contribution is -0.135. The number of carbonyl (C=O) groups excluding carboxylic acids is 2. The van der Waals surface area contributed by atoms with E-state index in [2.05, 4.69) is 5.32 Å². The van der Waals surface area contributed by atoms with Crippen LogP contribution in [0, 0.1) is 11.8 Å². The number of rotatable bonds is 3. The van der Waals surface area contributed by atoms with E-state index in [9.17, 15) is 9.59 Å². The van der Waals surface area contributed by atoms with Gasteiger partial charge in [0.2, 0.25) is 11.8 Å². The number of hydrogen-bond acceptors (Lipinski definition) is 2. The van der Waals surface area contributed by atoms with Crippen molar-refractivity contribution in [2.24, 2.45) is 11.8 Å². The van der Waals surface area contributed by atoms with Crippen LogP contribution in [-0.4, -0.2) is 35.8 Å². The summed E-state index contributed by atoms with van der Waals surface area (Å²) in [5.41, 5.74) is 0. The second-order valence-electron chi connectivity index (χ2n) is 5.97. The van der Waals surface area contributed by atoms with Crippen molar-refractivity contribution in [3.8, 4) is 0 Å². The van der Waals surface area contributed by atoms with Gasteiger partial charge in [0.05, 0.1) is 0 Å². The molecule has 4 heteroatoms. The summed E-state index contributed by atoms with van der Waals surface area (Å²) in [5, 5.41) is 2.85. The largest absolute Gasteiger partial charge is 0.344 e. The third-order valence-corrected chi connectivity index (χ3v) is 4.12. The zero-order chi connectivity index (χ0) is 13.1. The van der Waals surface area contributed by atoms with E-state index in [0.717, 1.165) is 6.54 Å². The second-order valence-corrected chi connectivity index (χ2v) is 5.97. The molecule has 0 aromatic rings. The first kappa shape index (κ1) is 13.4. The standard InChI is InChI=1S/C14H24N2O2/c1-10(2)13-14(18)16(8-7-12(17)15-13)9-11-5-3-4-6-11/h10-11,13H,3-9H2,1-2H3,(H,15,17). The van der Waals surface area contributed by atoms with Crippen LogP contribution in [0.5, 0.6) is 0 Å². The Hall–Kier alpha value is -1.06. The van der Waals surface area contributed by atoms with E-state index in [1.165, 1.54) is 25.7 Å². The minimum atomic E-state index is -0.332. The summed E-state index contributed by atoms with van der Waals surface area (Å²) in [6.07, 6.45) is 5.49. The van der Waals surface area contributed by atoms with E-state index in [-0.39, 0.29) is 23.8 Å². The van der Waals surface area contributed by atoms with Crippen LogP contribution in [0.25, 0.3) is 0 Å². The van der Waals surface area contributed by atoms with Crippen LogP contribution in [-0.2, 0) is 9.59 Å². The van der Waals surface area contributed by atoms with Crippen molar-refractivity contribution in [3.63, 3.8) is 0 Å². The number of nitrogens with zero attached hydrogens (tertiary/aromatic N) is 1. The molecule has 2 rings (SSSR count). The first-order chi connectivity index (χ1) is 8.58. The van der Waals surface area contributed by atoms with E-state index in [1.807, 2.05) is 18.7 Å². The summed E-state index contributed by atoms with van der Waals surface area (Å²) in [6, 6.07) is -0.332. The van der Waals surface area contributed by atoms with Crippen molar-refractivity contribution in [3.05, 3.63) is 0 Å². The average molecular weight is 252 g/mol. The topological polar surface area (TPSA) is 49.4 Å². The summed E-state index contributed by atoms with van der Waals surface area (Å²) in [6.45, 7) is 5.41. The van der Waals surface area contributed by atoms with Gasteiger partial charge in [0.15, 0.2) is 0 Å². The van der Waals surface area contributed by atoms with Gasteiger partial charge in [-0.3, -0.25) is 9.59 Å². The van der Waals surface area contributed by atoms with E-state index < -0.39 is 0 Å². The van der Waals surface area contributed by atoms with Crippen LogP contribution in [0.3, 0.4) is 0 Å². The van der Waals surface area contributed by atoms with Gasteiger partial charge < -0.3 is 10.2 Å². The fourth-order valence-electron chi connectivity index (χ4n) is 2.99. The number of hydrogen-bond donors (Lipinski definition) is 1. The first-order valence-electron chi connectivity index (χ1n) is 7.16. The van der Waals surface area contributed by atoms with Gasteiger partial charge in [-0.05, 0) is 24.7 Å². The fraction of sp³-hybridized carbons (Fsp3) is 0.857. The van der Waals surface area contributed by atoms with Crippen molar-refractivity contribution < 1.29 is 9.59 Å². The molecule has 1 unspecified atom stereocenters. The average Bonchev–Trinajstić information content (AvgIpc) is 2.78. The maximum Gasteiger partial charge on any atom is 0.245 e. The molecule has 1 N–H and O–H groups in total. The lowest BCUT2D eigenvalue weighted by atomic mass is 10.0. The Morgan fingerprint density at radius 1 is 1.28 bits per heavy atom. The first-order valence-corrected chi connectivity index (χ1v) is 7.16.